The molecule has 1 aromatic carbocycles. The summed E-state index contributed by atoms with van der Waals surface area (Å²) in [5.41, 5.74) is 1.41. The van der Waals surface area contributed by atoms with Gasteiger partial charge in [0.1, 0.15) is 5.76 Å². The van der Waals surface area contributed by atoms with E-state index in [1.807, 2.05) is 6.07 Å². The molecule has 3 nitrogen and oxygen atoms in total. The maximum Gasteiger partial charge on any atom is 0.117 e. The van der Waals surface area contributed by atoms with Crippen LogP contribution in [0.15, 0.2) is 53.1 Å². The van der Waals surface area contributed by atoms with Gasteiger partial charge >= 0.3 is 0 Å². The average Bonchev–Trinajstić information content (AvgIpc) is 3.02. The number of nitrogens with zero attached hydrogens (tertiary/aromatic N) is 1. The maximum atomic E-state index is 5.52. The lowest BCUT2D eigenvalue weighted by atomic mass is 10.0. The van der Waals surface area contributed by atoms with Crippen molar-refractivity contribution in [2.75, 3.05) is 13.1 Å². The molecule has 2 heterocycles. The molecule has 0 aliphatic carbocycles. The van der Waals surface area contributed by atoms with Crippen molar-refractivity contribution in [3.8, 4) is 0 Å². The Morgan fingerprint density at radius 3 is 2.76 bits per heavy atom. The molecule has 0 radical (unpaired) electrons. The highest BCUT2D eigenvalue weighted by Crippen LogP contribution is 2.17. The molecule has 1 aliphatic heterocycles. The minimum Gasteiger partial charge on any atom is -0.468 e. The van der Waals surface area contributed by atoms with E-state index in [4.69, 9.17) is 4.42 Å². The van der Waals surface area contributed by atoms with Crippen LogP contribution in [0.1, 0.15) is 24.7 Å². The fourth-order valence-corrected chi connectivity index (χ4v) is 3.16. The van der Waals surface area contributed by atoms with E-state index in [1.54, 1.807) is 6.26 Å². The van der Waals surface area contributed by atoms with Crippen molar-refractivity contribution in [2.24, 2.45) is 0 Å². The van der Waals surface area contributed by atoms with Crippen LogP contribution in [0.2, 0.25) is 0 Å². The highest BCUT2D eigenvalue weighted by molar-refractivity contribution is 5.16. The molecule has 0 bridgehead atoms. The van der Waals surface area contributed by atoms with Crippen LogP contribution in [0.25, 0.3) is 0 Å². The average molecular weight is 284 g/mol. The Morgan fingerprint density at radius 2 is 2.05 bits per heavy atom. The van der Waals surface area contributed by atoms with E-state index in [9.17, 15) is 0 Å². The van der Waals surface area contributed by atoms with Crippen LogP contribution >= 0.6 is 0 Å². The van der Waals surface area contributed by atoms with Gasteiger partial charge in [-0.2, -0.15) is 0 Å². The van der Waals surface area contributed by atoms with E-state index < -0.39 is 0 Å². The Labute approximate surface area is 127 Å². The molecule has 2 unspecified atom stereocenters. The van der Waals surface area contributed by atoms with Gasteiger partial charge in [0.05, 0.1) is 12.8 Å². The van der Waals surface area contributed by atoms with Gasteiger partial charge in [-0.1, -0.05) is 37.3 Å². The Kier molecular flexibility index (Phi) is 4.73. The maximum absolute atomic E-state index is 5.52. The van der Waals surface area contributed by atoms with Crippen molar-refractivity contribution in [2.45, 2.75) is 38.4 Å². The van der Waals surface area contributed by atoms with Crippen LogP contribution in [0.5, 0.6) is 0 Å². The largest absolute Gasteiger partial charge is 0.468 e. The minimum atomic E-state index is 0.519. The molecular weight excluding hydrogens is 260 g/mol. The molecule has 2 aromatic rings. The third kappa shape index (κ3) is 3.74. The van der Waals surface area contributed by atoms with Gasteiger partial charge in [0, 0.05) is 25.2 Å². The molecule has 1 fully saturated rings. The van der Waals surface area contributed by atoms with Crippen LogP contribution in [0.4, 0.5) is 0 Å². The molecule has 0 spiro atoms. The number of rotatable bonds is 5. The van der Waals surface area contributed by atoms with E-state index in [-0.39, 0.29) is 0 Å². The molecular formula is C18H24N2O. The number of benzene rings is 1. The van der Waals surface area contributed by atoms with Gasteiger partial charge < -0.3 is 9.73 Å². The zero-order valence-electron chi connectivity index (χ0n) is 12.7. The number of hydrogen-bond acceptors (Lipinski definition) is 3. The van der Waals surface area contributed by atoms with Crippen molar-refractivity contribution in [3.05, 3.63) is 60.1 Å². The Bertz CT molecular complexity index is 523. The molecule has 1 aromatic heterocycles. The van der Waals surface area contributed by atoms with Gasteiger partial charge in [-0.05, 0) is 30.5 Å². The van der Waals surface area contributed by atoms with Crippen LogP contribution in [-0.2, 0) is 13.0 Å². The first-order valence-electron chi connectivity index (χ1n) is 7.89. The molecule has 0 amide bonds. The second-order valence-corrected chi connectivity index (χ2v) is 5.87. The lowest BCUT2D eigenvalue weighted by Gasteiger charge is -2.39. The molecule has 0 saturated carbocycles. The normalized spacial score (nSPS) is 23.3. The third-order valence-electron chi connectivity index (χ3n) is 4.35. The lowest BCUT2D eigenvalue weighted by Crippen LogP contribution is -2.56. The van der Waals surface area contributed by atoms with Crippen molar-refractivity contribution >= 4 is 0 Å². The number of piperazine rings is 1. The van der Waals surface area contributed by atoms with E-state index in [0.29, 0.717) is 12.1 Å². The molecule has 1 saturated heterocycles. The highest BCUT2D eigenvalue weighted by Gasteiger charge is 2.27. The second kappa shape index (κ2) is 6.92. The fourth-order valence-electron chi connectivity index (χ4n) is 3.16. The second-order valence-electron chi connectivity index (χ2n) is 5.87. The molecule has 2 atom stereocenters. The summed E-state index contributed by atoms with van der Waals surface area (Å²) < 4.78 is 5.52. The SMILES string of the molecule is CCC1CNC(Cc2ccccc2)CN1Cc1ccco1. The van der Waals surface area contributed by atoms with Gasteiger partial charge in [0.25, 0.3) is 0 Å². The first kappa shape index (κ1) is 14.4. The Hall–Kier alpha value is -1.58. The summed E-state index contributed by atoms with van der Waals surface area (Å²) in [6.45, 7) is 5.32. The summed E-state index contributed by atoms with van der Waals surface area (Å²) >= 11 is 0. The first-order chi connectivity index (χ1) is 10.3. The van der Waals surface area contributed by atoms with Crippen LogP contribution in [0, 0.1) is 0 Å². The van der Waals surface area contributed by atoms with Crippen LogP contribution in [0.3, 0.4) is 0 Å². The van der Waals surface area contributed by atoms with Gasteiger partial charge in [-0.3, -0.25) is 4.90 Å². The van der Waals surface area contributed by atoms with Crippen molar-refractivity contribution in [1.82, 2.24) is 10.2 Å². The number of nitrogens with one attached hydrogen (secondary N) is 1. The summed E-state index contributed by atoms with van der Waals surface area (Å²) in [5.74, 6) is 1.06. The molecule has 3 rings (SSSR count). The topological polar surface area (TPSA) is 28.4 Å². The summed E-state index contributed by atoms with van der Waals surface area (Å²) in [6, 6.07) is 15.9. The zero-order chi connectivity index (χ0) is 14.5. The first-order valence-corrected chi connectivity index (χ1v) is 7.89. The van der Waals surface area contributed by atoms with Gasteiger partial charge in [0.2, 0.25) is 0 Å². The minimum absolute atomic E-state index is 0.519. The van der Waals surface area contributed by atoms with Crippen molar-refractivity contribution in [1.29, 1.82) is 0 Å². The monoisotopic (exact) mass is 284 g/mol. The van der Waals surface area contributed by atoms with Crippen molar-refractivity contribution < 1.29 is 4.42 Å². The predicted octanol–water partition coefficient (Wildman–Crippen LogP) is 3.07. The fraction of sp³-hybridized carbons (Fsp3) is 0.444. The standard InChI is InChI=1S/C18H24N2O/c1-2-17-12-19-16(11-15-7-4-3-5-8-15)13-20(17)14-18-9-6-10-21-18/h3-10,16-17,19H,2,11-14H2,1H3. The van der Waals surface area contributed by atoms with E-state index in [1.165, 1.54) is 12.0 Å². The van der Waals surface area contributed by atoms with E-state index in [2.05, 4.69) is 53.5 Å². The van der Waals surface area contributed by atoms with Crippen LogP contribution in [-0.4, -0.2) is 30.1 Å². The van der Waals surface area contributed by atoms with E-state index >= 15 is 0 Å². The third-order valence-corrected chi connectivity index (χ3v) is 4.35. The van der Waals surface area contributed by atoms with Gasteiger partial charge in [0.15, 0.2) is 0 Å². The predicted molar refractivity (Wildman–Crippen MR) is 85.1 cm³/mol. The summed E-state index contributed by atoms with van der Waals surface area (Å²) in [7, 11) is 0. The molecule has 1 N–H and O–H groups in total. The summed E-state index contributed by atoms with van der Waals surface area (Å²) in [5, 5.41) is 3.71. The Morgan fingerprint density at radius 1 is 1.19 bits per heavy atom. The van der Waals surface area contributed by atoms with Gasteiger partial charge in [-0.25, -0.2) is 0 Å². The van der Waals surface area contributed by atoms with Crippen LogP contribution < -0.4 is 5.32 Å². The van der Waals surface area contributed by atoms with Crippen molar-refractivity contribution in [3.63, 3.8) is 0 Å². The number of furan rings is 1. The zero-order valence-corrected chi connectivity index (χ0v) is 12.7. The summed E-state index contributed by atoms with van der Waals surface area (Å²) in [4.78, 5) is 2.56. The Balaban J connectivity index is 1.63. The van der Waals surface area contributed by atoms with E-state index in [0.717, 1.165) is 31.8 Å². The summed E-state index contributed by atoms with van der Waals surface area (Å²) in [6.07, 6.45) is 4.03. The molecule has 112 valence electrons. The molecule has 1 aliphatic rings. The molecule has 21 heavy (non-hydrogen) atoms. The molecule has 3 heteroatoms. The smallest absolute Gasteiger partial charge is 0.117 e. The number of hydrogen-bond donors (Lipinski definition) is 1. The quantitative estimate of drug-likeness (QED) is 0.914. The highest BCUT2D eigenvalue weighted by atomic mass is 16.3. The van der Waals surface area contributed by atoms with Gasteiger partial charge in [-0.15, -0.1) is 0 Å². The lowest BCUT2D eigenvalue weighted by molar-refractivity contribution is 0.110.